The summed E-state index contributed by atoms with van der Waals surface area (Å²) < 4.78 is 0. The molecular weight excluding hydrogens is 467 g/mol. The number of halogens is 2. The molecule has 4 N–H and O–H groups in total. The van der Waals surface area contributed by atoms with Crippen LogP contribution in [0.5, 0.6) is 0 Å². The fourth-order valence-electron chi connectivity index (χ4n) is 4.63. The lowest BCUT2D eigenvalue weighted by Crippen LogP contribution is -2.38. The number of anilines is 2. The minimum Gasteiger partial charge on any atom is -0.399 e. The van der Waals surface area contributed by atoms with Gasteiger partial charge in [-0.15, -0.1) is 0 Å². The Labute approximate surface area is 211 Å². The highest BCUT2D eigenvalue weighted by atomic mass is 35.5. The summed E-state index contributed by atoms with van der Waals surface area (Å²) in [4.78, 5) is 15.0. The van der Waals surface area contributed by atoms with Crippen LogP contribution in [0.25, 0.3) is 11.1 Å². The molecule has 0 saturated carbocycles. The summed E-state index contributed by atoms with van der Waals surface area (Å²) in [6.07, 6.45) is 2.21. The molecule has 0 aliphatic carbocycles. The van der Waals surface area contributed by atoms with E-state index in [1.165, 1.54) is 5.56 Å². The number of likely N-dealkylation sites (tertiary alicyclic amines) is 1. The molecular formula is C27H30Cl2N4O. The van der Waals surface area contributed by atoms with E-state index in [4.69, 9.17) is 28.9 Å². The van der Waals surface area contributed by atoms with Gasteiger partial charge < -0.3 is 21.3 Å². The quantitative estimate of drug-likeness (QED) is 0.341. The lowest BCUT2D eigenvalue weighted by molar-refractivity contribution is 0.195. The second-order valence-corrected chi connectivity index (χ2v) is 9.86. The Kier molecular flexibility index (Phi) is 7.99. The van der Waals surface area contributed by atoms with Crippen LogP contribution in [0.4, 0.5) is 16.2 Å². The zero-order valence-corrected chi connectivity index (χ0v) is 20.7. The summed E-state index contributed by atoms with van der Waals surface area (Å²) in [5.74, 6) is 0.715. The predicted molar refractivity (Wildman–Crippen MR) is 143 cm³/mol. The minimum absolute atomic E-state index is 0.220. The number of nitrogens with two attached hydrogens (primary N) is 1. The Morgan fingerprint density at radius 1 is 1.00 bits per heavy atom. The summed E-state index contributed by atoms with van der Waals surface area (Å²) in [7, 11) is 2.16. The summed E-state index contributed by atoms with van der Waals surface area (Å²) >= 11 is 12.1. The number of amides is 2. The highest BCUT2D eigenvalue weighted by molar-refractivity contribution is 6.35. The van der Waals surface area contributed by atoms with Crippen LogP contribution in [-0.2, 0) is 0 Å². The second kappa shape index (κ2) is 11.1. The van der Waals surface area contributed by atoms with Gasteiger partial charge in [0.1, 0.15) is 0 Å². The van der Waals surface area contributed by atoms with Crippen molar-refractivity contribution >= 4 is 40.6 Å². The first-order valence-corrected chi connectivity index (χ1v) is 12.3. The smallest absolute Gasteiger partial charge is 0.319 e. The SMILES string of the molecule is CN1CCC(C(CNC(=O)Nc2cc(Cl)cc(Cl)c2)c2ccc(-c3cccc(N)c3)cc2)CC1. The molecule has 1 unspecified atom stereocenters. The van der Waals surface area contributed by atoms with Crippen LogP contribution in [0, 0.1) is 5.92 Å². The molecule has 1 fully saturated rings. The molecule has 3 aromatic rings. The molecule has 3 aromatic carbocycles. The molecule has 0 spiro atoms. The van der Waals surface area contributed by atoms with Gasteiger partial charge in [0.05, 0.1) is 0 Å². The van der Waals surface area contributed by atoms with Gasteiger partial charge in [-0.2, -0.15) is 0 Å². The first-order valence-electron chi connectivity index (χ1n) is 11.5. The van der Waals surface area contributed by atoms with Crippen molar-refractivity contribution in [2.45, 2.75) is 18.8 Å². The van der Waals surface area contributed by atoms with Crippen molar-refractivity contribution in [3.05, 3.63) is 82.3 Å². The van der Waals surface area contributed by atoms with Crippen molar-refractivity contribution in [2.75, 3.05) is 37.7 Å². The van der Waals surface area contributed by atoms with Gasteiger partial charge >= 0.3 is 6.03 Å². The molecule has 1 heterocycles. The van der Waals surface area contributed by atoms with Crippen LogP contribution in [-0.4, -0.2) is 37.6 Å². The highest BCUT2D eigenvalue weighted by Crippen LogP contribution is 2.33. The normalized spacial score (nSPS) is 15.6. The topological polar surface area (TPSA) is 70.4 Å². The standard InChI is InChI=1S/C27H30Cl2N4O/c1-33-11-9-20(10-12-33)26(17-31-27(34)32-25-15-22(28)14-23(29)16-25)19-7-5-18(6-8-19)21-3-2-4-24(30)13-21/h2-8,13-16,20,26H,9-12,17,30H2,1H3,(H2,31,32,34). The third-order valence-electron chi connectivity index (χ3n) is 6.49. The first kappa shape index (κ1) is 24.4. The third-order valence-corrected chi connectivity index (χ3v) is 6.93. The number of hydrogen-bond donors (Lipinski definition) is 3. The zero-order valence-electron chi connectivity index (χ0n) is 19.2. The van der Waals surface area contributed by atoms with Crippen molar-refractivity contribution in [3.63, 3.8) is 0 Å². The molecule has 178 valence electrons. The highest BCUT2D eigenvalue weighted by Gasteiger charge is 2.27. The largest absolute Gasteiger partial charge is 0.399 e. The number of carbonyl (C=O) groups is 1. The third kappa shape index (κ3) is 6.44. The minimum atomic E-state index is -0.271. The lowest BCUT2D eigenvalue weighted by atomic mass is 9.79. The number of urea groups is 1. The van der Waals surface area contributed by atoms with Gasteiger partial charge in [0, 0.05) is 33.9 Å². The van der Waals surface area contributed by atoms with Crippen molar-refractivity contribution in [1.82, 2.24) is 10.2 Å². The summed E-state index contributed by atoms with van der Waals surface area (Å²) in [6.45, 7) is 2.68. The Balaban J connectivity index is 1.48. The Hall–Kier alpha value is -2.73. The molecule has 1 aliphatic rings. The number of nitrogen functional groups attached to an aromatic ring is 1. The molecule has 0 bridgehead atoms. The maximum absolute atomic E-state index is 12.6. The Morgan fingerprint density at radius 2 is 1.68 bits per heavy atom. The second-order valence-electron chi connectivity index (χ2n) is 8.99. The zero-order chi connectivity index (χ0) is 24.1. The van der Waals surface area contributed by atoms with Crippen LogP contribution < -0.4 is 16.4 Å². The number of rotatable bonds is 6. The van der Waals surface area contributed by atoms with E-state index < -0.39 is 0 Å². The van der Waals surface area contributed by atoms with Crippen molar-refractivity contribution in [1.29, 1.82) is 0 Å². The number of nitrogens with zero attached hydrogens (tertiary/aromatic N) is 1. The predicted octanol–water partition coefficient (Wildman–Crippen LogP) is 6.49. The van der Waals surface area contributed by atoms with E-state index in [1.54, 1.807) is 18.2 Å². The van der Waals surface area contributed by atoms with Gasteiger partial charge in [0.2, 0.25) is 0 Å². The Bertz CT molecular complexity index is 1110. The molecule has 1 atom stereocenters. The van der Waals surface area contributed by atoms with Gasteiger partial charge in [-0.25, -0.2) is 4.79 Å². The number of hydrogen-bond acceptors (Lipinski definition) is 3. The van der Waals surface area contributed by atoms with Crippen LogP contribution in [0.15, 0.2) is 66.7 Å². The maximum Gasteiger partial charge on any atom is 0.319 e. The van der Waals surface area contributed by atoms with Gasteiger partial charge in [0.25, 0.3) is 0 Å². The van der Waals surface area contributed by atoms with E-state index in [2.05, 4.69) is 52.9 Å². The van der Waals surface area contributed by atoms with Crippen molar-refractivity contribution < 1.29 is 4.79 Å². The van der Waals surface area contributed by atoms with E-state index in [0.29, 0.717) is 28.2 Å². The number of carbonyl (C=O) groups excluding carboxylic acids is 1. The maximum atomic E-state index is 12.6. The van der Waals surface area contributed by atoms with E-state index in [1.807, 2.05) is 18.2 Å². The van der Waals surface area contributed by atoms with Crippen molar-refractivity contribution in [3.8, 4) is 11.1 Å². The van der Waals surface area contributed by atoms with Gasteiger partial charge in [-0.3, -0.25) is 0 Å². The molecule has 5 nitrogen and oxygen atoms in total. The molecule has 1 aliphatic heterocycles. The van der Waals surface area contributed by atoms with Gasteiger partial charge in [-0.05, 0) is 85.9 Å². The van der Waals surface area contributed by atoms with Gasteiger partial charge in [0.15, 0.2) is 0 Å². The van der Waals surface area contributed by atoms with Gasteiger partial charge in [-0.1, -0.05) is 59.6 Å². The van der Waals surface area contributed by atoms with Crippen LogP contribution in [0.3, 0.4) is 0 Å². The van der Waals surface area contributed by atoms with E-state index in [9.17, 15) is 4.79 Å². The fourth-order valence-corrected chi connectivity index (χ4v) is 5.16. The molecule has 0 radical (unpaired) electrons. The molecule has 34 heavy (non-hydrogen) atoms. The summed E-state index contributed by atoms with van der Waals surface area (Å²) in [6, 6.07) is 21.3. The average molecular weight is 497 g/mol. The molecule has 4 rings (SSSR count). The summed E-state index contributed by atoms with van der Waals surface area (Å²) in [5.41, 5.74) is 10.7. The average Bonchev–Trinajstić information content (AvgIpc) is 2.80. The number of benzene rings is 3. The monoisotopic (exact) mass is 496 g/mol. The Morgan fingerprint density at radius 3 is 2.32 bits per heavy atom. The lowest BCUT2D eigenvalue weighted by Gasteiger charge is -2.35. The molecule has 1 saturated heterocycles. The van der Waals surface area contributed by atoms with Crippen LogP contribution >= 0.6 is 23.2 Å². The summed E-state index contributed by atoms with van der Waals surface area (Å²) in [5, 5.41) is 6.86. The van der Waals surface area contributed by atoms with Crippen molar-refractivity contribution in [2.24, 2.45) is 5.92 Å². The van der Waals surface area contributed by atoms with Crippen LogP contribution in [0.1, 0.15) is 24.3 Å². The first-order chi connectivity index (χ1) is 16.4. The molecule has 7 heteroatoms. The molecule has 2 amide bonds. The molecule has 0 aromatic heterocycles. The fraction of sp³-hybridized carbons (Fsp3) is 0.296. The van der Waals surface area contributed by atoms with E-state index >= 15 is 0 Å². The van der Waals surface area contributed by atoms with Crippen LogP contribution in [0.2, 0.25) is 10.0 Å². The van der Waals surface area contributed by atoms with E-state index in [0.717, 1.165) is 42.7 Å². The number of piperidine rings is 1. The van der Waals surface area contributed by atoms with E-state index in [-0.39, 0.29) is 11.9 Å². The number of nitrogens with one attached hydrogen (secondary N) is 2.